The Morgan fingerprint density at radius 1 is 1.05 bits per heavy atom. The number of hydrogen-bond donors (Lipinski definition) is 3. The molecule has 5 nitrogen and oxygen atoms in total. The summed E-state index contributed by atoms with van der Waals surface area (Å²) in [6.45, 7) is 1.84. The van der Waals surface area contributed by atoms with Crippen molar-refractivity contribution in [3.8, 4) is 0 Å². The Morgan fingerprint density at radius 3 is 2.52 bits per heavy atom. The summed E-state index contributed by atoms with van der Waals surface area (Å²) in [5.74, 6) is -0.213. The summed E-state index contributed by atoms with van der Waals surface area (Å²) in [5, 5.41) is 8.31. The van der Waals surface area contributed by atoms with Crippen LogP contribution in [0.15, 0.2) is 48.5 Å². The van der Waals surface area contributed by atoms with Gasteiger partial charge in [0.1, 0.15) is 0 Å². The Labute approximate surface area is 122 Å². The van der Waals surface area contributed by atoms with Crippen molar-refractivity contribution < 1.29 is 9.59 Å². The van der Waals surface area contributed by atoms with Crippen LogP contribution < -0.4 is 16.0 Å². The van der Waals surface area contributed by atoms with Gasteiger partial charge in [-0.1, -0.05) is 18.2 Å². The number of para-hydroxylation sites is 1. The van der Waals surface area contributed by atoms with Crippen molar-refractivity contribution in [1.82, 2.24) is 0 Å². The van der Waals surface area contributed by atoms with Gasteiger partial charge in [-0.2, -0.15) is 0 Å². The molecule has 1 aliphatic rings. The van der Waals surface area contributed by atoms with Crippen LogP contribution in [-0.2, 0) is 4.79 Å². The van der Waals surface area contributed by atoms with E-state index in [1.807, 2.05) is 43.3 Å². The Kier molecular flexibility index (Phi) is 3.31. The molecule has 106 valence electrons. The molecule has 3 rings (SSSR count). The zero-order chi connectivity index (χ0) is 14.8. The first-order valence-electron chi connectivity index (χ1n) is 6.71. The number of benzene rings is 2. The van der Waals surface area contributed by atoms with Crippen molar-refractivity contribution in [3.05, 3.63) is 54.1 Å². The summed E-state index contributed by atoms with van der Waals surface area (Å²) in [5.41, 5.74) is 3.09. The maximum absolute atomic E-state index is 11.9. The number of urea groups is 1. The van der Waals surface area contributed by atoms with E-state index >= 15 is 0 Å². The molecule has 1 unspecified atom stereocenters. The highest BCUT2D eigenvalue weighted by molar-refractivity contribution is 6.04. The number of carbonyl (C=O) groups is 2. The van der Waals surface area contributed by atoms with Gasteiger partial charge < -0.3 is 16.0 Å². The van der Waals surface area contributed by atoms with E-state index in [9.17, 15) is 9.59 Å². The van der Waals surface area contributed by atoms with Crippen molar-refractivity contribution in [1.29, 1.82) is 0 Å². The average Bonchev–Trinajstić information content (AvgIpc) is 2.75. The van der Waals surface area contributed by atoms with Gasteiger partial charge in [0.15, 0.2) is 0 Å². The SMILES string of the molecule is CC1C(=O)Nc2ccc(NC(=O)Nc3ccccc3)cc21. The molecule has 1 atom stereocenters. The van der Waals surface area contributed by atoms with Crippen LogP contribution in [0.3, 0.4) is 0 Å². The first kappa shape index (κ1) is 13.2. The van der Waals surface area contributed by atoms with E-state index in [1.54, 1.807) is 12.1 Å². The Morgan fingerprint density at radius 2 is 1.76 bits per heavy atom. The highest BCUT2D eigenvalue weighted by Gasteiger charge is 2.26. The minimum atomic E-state index is -0.314. The second-order valence-corrected chi connectivity index (χ2v) is 4.96. The van der Waals surface area contributed by atoms with Gasteiger partial charge in [-0.25, -0.2) is 4.79 Å². The van der Waals surface area contributed by atoms with Crippen LogP contribution in [0.4, 0.5) is 21.9 Å². The van der Waals surface area contributed by atoms with Gasteiger partial charge in [0.05, 0.1) is 5.92 Å². The molecule has 0 aromatic heterocycles. The van der Waals surface area contributed by atoms with E-state index in [-0.39, 0.29) is 17.9 Å². The fourth-order valence-corrected chi connectivity index (χ4v) is 2.31. The van der Waals surface area contributed by atoms with Crippen LogP contribution in [0.5, 0.6) is 0 Å². The predicted molar refractivity (Wildman–Crippen MR) is 82.6 cm³/mol. The number of rotatable bonds is 2. The smallest absolute Gasteiger partial charge is 0.323 e. The third-order valence-corrected chi connectivity index (χ3v) is 3.46. The maximum Gasteiger partial charge on any atom is 0.323 e. The zero-order valence-corrected chi connectivity index (χ0v) is 11.5. The van der Waals surface area contributed by atoms with Crippen LogP contribution in [0.1, 0.15) is 18.4 Å². The number of hydrogen-bond acceptors (Lipinski definition) is 2. The molecule has 21 heavy (non-hydrogen) atoms. The standard InChI is InChI=1S/C16H15N3O2/c1-10-13-9-12(7-8-14(13)19-15(10)20)18-16(21)17-11-5-3-2-4-6-11/h2-10H,1H3,(H,19,20)(H2,17,18,21). The highest BCUT2D eigenvalue weighted by atomic mass is 16.2. The number of nitrogens with one attached hydrogen (secondary N) is 3. The van der Waals surface area contributed by atoms with Crippen LogP contribution >= 0.6 is 0 Å². The topological polar surface area (TPSA) is 70.2 Å². The molecule has 3 amide bonds. The van der Waals surface area contributed by atoms with Gasteiger partial charge in [0, 0.05) is 17.1 Å². The normalized spacial score (nSPS) is 16.0. The van der Waals surface area contributed by atoms with Crippen molar-refractivity contribution in [3.63, 3.8) is 0 Å². The van der Waals surface area contributed by atoms with Gasteiger partial charge in [-0.05, 0) is 42.8 Å². The molecule has 2 aromatic carbocycles. The second kappa shape index (κ2) is 5.28. The molecule has 0 saturated heterocycles. The van der Waals surface area contributed by atoms with Gasteiger partial charge in [0.25, 0.3) is 0 Å². The molecular formula is C16H15N3O2. The lowest BCUT2D eigenvalue weighted by atomic mass is 10.0. The van der Waals surface area contributed by atoms with Crippen molar-refractivity contribution in [2.24, 2.45) is 0 Å². The quantitative estimate of drug-likeness (QED) is 0.789. The lowest BCUT2D eigenvalue weighted by Crippen LogP contribution is -2.19. The molecule has 2 aromatic rings. The minimum Gasteiger partial charge on any atom is -0.325 e. The molecular weight excluding hydrogens is 266 g/mol. The molecule has 0 aliphatic carbocycles. The molecule has 1 heterocycles. The van der Waals surface area contributed by atoms with E-state index in [2.05, 4.69) is 16.0 Å². The van der Waals surface area contributed by atoms with E-state index in [1.165, 1.54) is 0 Å². The summed E-state index contributed by atoms with van der Waals surface area (Å²) >= 11 is 0. The zero-order valence-electron chi connectivity index (χ0n) is 11.5. The maximum atomic E-state index is 11.9. The van der Waals surface area contributed by atoms with Gasteiger partial charge in [-0.3, -0.25) is 4.79 Å². The summed E-state index contributed by atoms with van der Waals surface area (Å²) in [7, 11) is 0. The summed E-state index contributed by atoms with van der Waals surface area (Å²) in [6, 6.07) is 14.3. The van der Waals surface area contributed by atoms with E-state index in [4.69, 9.17) is 0 Å². The number of carbonyl (C=O) groups excluding carboxylic acids is 2. The van der Waals surface area contributed by atoms with Gasteiger partial charge in [-0.15, -0.1) is 0 Å². The predicted octanol–water partition coefficient (Wildman–Crippen LogP) is 3.39. The third kappa shape index (κ3) is 2.72. The van der Waals surface area contributed by atoms with Gasteiger partial charge in [0.2, 0.25) is 5.91 Å². The fraction of sp³-hybridized carbons (Fsp3) is 0.125. The Balaban J connectivity index is 1.72. The second-order valence-electron chi connectivity index (χ2n) is 4.96. The number of anilines is 3. The molecule has 0 saturated carbocycles. The molecule has 3 N–H and O–H groups in total. The summed E-state index contributed by atoms with van der Waals surface area (Å²) in [6.07, 6.45) is 0. The third-order valence-electron chi connectivity index (χ3n) is 3.46. The number of fused-ring (bicyclic) bond motifs is 1. The van der Waals surface area contributed by atoms with E-state index < -0.39 is 0 Å². The highest BCUT2D eigenvalue weighted by Crippen LogP contribution is 2.33. The van der Waals surface area contributed by atoms with E-state index in [0.717, 1.165) is 16.9 Å². The molecule has 5 heteroatoms. The Hall–Kier alpha value is -2.82. The minimum absolute atomic E-state index is 0.0177. The fourth-order valence-electron chi connectivity index (χ4n) is 2.31. The average molecular weight is 281 g/mol. The van der Waals surface area contributed by atoms with Crippen LogP contribution in [-0.4, -0.2) is 11.9 Å². The molecule has 0 spiro atoms. The van der Waals surface area contributed by atoms with Crippen LogP contribution in [0, 0.1) is 0 Å². The van der Waals surface area contributed by atoms with Gasteiger partial charge >= 0.3 is 6.03 Å². The van der Waals surface area contributed by atoms with E-state index in [0.29, 0.717) is 5.69 Å². The molecule has 0 radical (unpaired) electrons. The molecule has 1 aliphatic heterocycles. The van der Waals surface area contributed by atoms with Crippen molar-refractivity contribution in [2.45, 2.75) is 12.8 Å². The lowest BCUT2D eigenvalue weighted by molar-refractivity contribution is -0.116. The lowest BCUT2D eigenvalue weighted by Gasteiger charge is -2.09. The monoisotopic (exact) mass is 281 g/mol. The van der Waals surface area contributed by atoms with Crippen molar-refractivity contribution >= 4 is 29.0 Å². The number of amides is 3. The Bertz CT molecular complexity index is 698. The first-order chi connectivity index (χ1) is 10.1. The summed E-state index contributed by atoms with van der Waals surface area (Å²) < 4.78 is 0. The molecule has 0 bridgehead atoms. The first-order valence-corrected chi connectivity index (χ1v) is 6.71. The van der Waals surface area contributed by atoms with Crippen LogP contribution in [0.2, 0.25) is 0 Å². The molecule has 0 fully saturated rings. The van der Waals surface area contributed by atoms with Crippen molar-refractivity contribution in [2.75, 3.05) is 16.0 Å². The van der Waals surface area contributed by atoms with Crippen LogP contribution in [0.25, 0.3) is 0 Å². The summed E-state index contributed by atoms with van der Waals surface area (Å²) in [4.78, 5) is 23.5. The largest absolute Gasteiger partial charge is 0.325 e.